The minimum absolute atomic E-state index is 0.0636. The van der Waals surface area contributed by atoms with Gasteiger partial charge >= 0.3 is 19.6 Å². The fraction of sp³-hybridized carbons (Fsp3) is 0.643. The fourth-order valence-electron chi connectivity index (χ4n) is 5.52. The van der Waals surface area contributed by atoms with Crippen LogP contribution in [0.5, 0.6) is 0 Å². The molecule has 2 fully saturated rings. The van der Waals surface area contributed by atoms with Crippen LogP contribution in [-0.2, 0) is 29.9 Å². The molecule has 1 aromatic carbocycles. The Bertz CT molecular complexity index is 1130. The number of amides is 4. The number of hydrogen-bond donors (Lipinski definition) is 5. The molecule has 0 aromatic heterocycles. The molecule has 2 aliphatic rings. The van der Waals surface area contributed by atoms with E-state index in [1.807, 2.05) is 0 Å². The molecule has 13 heteroatoms. The lowest BCUT2D eigenvalue weighted by Gasteiger charge is -2.33. The van der Waals surface area contributed by atoms with E-state index in [-0.39, 0.29) is 24.8 Å². The zero-order valence-electron chi connectivity index (χ0n) is 23.9. The Labute approximate surface area is 241 Å². The van der Waals surface area contributed by atoms with Crippen molar-refractivity contribution in [3.05, 3.63) is 35.9 Å². The number of carbonyl (C=O) groups excluding carboxylic acids is 3. The van der Waals surface area contributed by atoms with Crippen molar-refractivity contribution in [1.29, 1.82) is 0 Å². The third-order valence-corrected chi connectivity index (χ3v) is 10.0. The van der Waals surface area contributed by atoms with Gasteiger partial charge in [0.1, 0.15) is 17.9 Å². The largest absolute Gasteiger partial charge is 0.521 e. The van der Waals surface area contributed by atoms with Crippen LogP contribution in [0.2, 0.25) is 0 Å². The smallest absolute Gasteiger partial charge is 0.435 e. The van der Waals surface area contributed by atoms with E-state index in [0.717, 1.165) is 19.3 Å². The van der Waals surface area contributed by atoms with Crippen molar-refractivity contribution in [2.45, 2.75) is 95.6 Å². The predicted molar refractivity (Wildman–Crippen MR) is 151 cm³/mol. The van der Waals surface area contributed by atoms with Crippen molar-refractivity contribution in [3.63, 3.8) is 0 Å². The molecule has 1 saturated heterocycles. The van der Waals surface area contributed by atoms with E-state index < -0.39 is 54.0 Å². The summed E-state index contributed by atoms with van der Waals surface area (Å²) in [5.74, 6) is -3.31. The first-order valence-electron chi connectivity index (χ1n) is 14.4. The van der Waals surface area contributed by atoms with Gasteiger partial charge in [-0.05, 0) is 58.1 Å². The van der Waals surface area contributed by atoms with Crippen LogP contribution < -0.4 is 16.4 Å². The highest BCUT2D eigenvalue weighted by atomic mass is 31.2. The summed E-state index contributed by atoms with van der Waals surface area (Å²) in [6.07, 6.45) is 2.03. The summed E-state index contributed by atoms with van der Waals surface area (Å²) in [5, 5.41) is 15.3. The topological polar surface area (TPSA) is 185 Å². The fourth-order valence-corrected chi connectivity index (χ4v) is 6.95. The van der Waals surface area contributed by atoms with Crippen LogP contribution in [0.4, 0.5) is 4.79 Å². The monoisotopic (exact) mass is 595 g/mol. The Hall–Kier alpha value is -2.63. The number of imide groups is 1. The van der Waals surface area contributed by atoms with Crippen LogP contribution in [0.1, 0.15) is 70.8 Å². The van der Waals surface area contributed by atoms with Crippen LogP contribution in [0.15, 0.2) is 30.3 Å². The summed E-state index contributed by atoms with van der Waals surface area (Å²) < 4.78 is 18.3. The third-order valence-electron chi connectivity index (χ3n) is 8.31. The molecule has 4 amide bonds. The maximum atomic E-state index is 13.7. The van der Waals surface area contributed by atoms with Gasteiger partial charge in [-0.2, -0.15) is 9.28 Å². The van der Waals surface area contributed by atoms with Gasteiger partial charge < -0.3 is 26.4 Å². The molecule has 228 valence electrons. The molecule has 12 nitrogen and oxygen atoms in total. The molecular weight excluding hydrogens is 551 g/mol. The van der Waals surface area contributed by atoms with Gasteiger partial charge in [0.05, 0.1) is 6.54 Å². The Morgan fingerprint density at radius 3 is 2.32 bits per heavy atom. The lowest BCUT2D eigenvalue weighted by atomic mass is 9.84. The second-order valence-corrected chi connectivity index (χ2v) is 13.2. The molecule has 6 atom stereocenters. The Morgan fingerprint density at radius 2 is 1.78 bits per heavy atom. The van der Waals surface area contributed by atoms with E-state index in [0.29, 0.717) is 44.2 Å². The third kappa shape index (κ3) is 8.02. The number of rotatable bonds is 14. The maximum absolute atomic E-state index is 13.7. The predicted octanol–water partition coefficient (Wildman–Crippen LogP) is 2.88. The maximum Gasteiger partial charge on any atom is 0.521 e. The molecule has 0 bridgehead atoms. The number of nitrogens with zero attached hydrogens (tertiary/aromatic N) is 1. The van der Waals surface area contributed by atoms with E-state index >= 15 is 0 Å². The minimum atomic E-state index is -4.76. The highest BCUT2D eigenvalue weighted by Gasteiger charge is 2.56. The highest BCUT2D eigenvalue weighted by molar-refractivity contribution is 7.53. The Morgan fingerprint density at radius 1 is 1.10 bits per heavy atom. The number of unbranched alkanes of at least 4 members (excludes halogenated alkanes) is 1. The summed E-state index contributed by atoms with van der Waals surface area (Å²) >= 11 is 0. The normalized spacial score (nSPS) is 24.3. The average Bonchev–Trinajstić information content (AvgIpc) is 3.28. The molecule has 3 rings (SSSR count). The molecule has 1 aromatic rings. The molecule has 41 heavy (non-hydrogen) atoms. The summed E-state index contributed by atoms with van der Waals surface area (Å²) in [7, 11) is -4.76. The molecule has 3 unspecified atom stereocenters. The second-order valence-electron chi connectivity index (χ2n) is 11.2. The Balaban J connectivity index is 1.82. The standard InChI is InChI=1S/C28H43N4O8P/c1-19-10-9-17-32(19,28(36)37)27(35)20(2)40-41(38,39)24(18-21-11-4-3-5-12-21)31-26(34)23(15-6-7-16-29)30-25(33)22-13-8-14-22/h3-5,11-12,19-20,22-24H,6-10,13-18,29H2,1-2H3,(H3-,30,31,33,34,36,37,38,39)/p+1/t19-,20?,23+,24+,32?/m1/s1. The van der Waals surface area contributed by atoms with E-state index in [4.69, 9.17) is 10.3 Å². The molecule has 6 N–H and O–H groups in total. The average molecular weight is 596 g/mol. The van der Waals surface area contributed by atoms with E-state index in [1.165, 1.54) is 6.92 Å². The van der Waals surface area contributed by atoms with Gasteiger partial charge in [-0.15, -0.1) is 0 Å². The van der Waals surface area contributed by atoms with E-state index in [2.05, 4.69) is 10.6 Å². The van der Waals surface area contributed by atoms with Crippen LogP contribution in [0.25, 0.3) is 0 Å². The van der Waals surface area contributed by atoms with Gasteiger partial charge in [0.25, 0.3) is 0 Å². The summed E-state index contributed by atoms with van der Waals surface area (Å²) in [4.78, 5) is 62.8. The quantitative estimate of drug-likeness (QED) is 0.123. The number of nitrogens with two attached hydrogens (primary N) is 1. The summed E-state index contributed by atoms with van der Waals surface area (Å²) in [6.45, 7) is 3.40. The van der Waals surface area contributed by atoms with Gasteiger partial charge in [0.15, 0.2) is 6.10 Å². The number of hydrogen-bond acceptors (Lipinski definition) is 7. The van der Waals surface area contributed by atoms with Gasteiger partial charge in [0, 0.05) is 25.2 Å². The number of quaternary nitrogens is 1. The zero-order chi connectivity index (χ0) is 30.2. The summed E-state index contributed by atoms with van der Waals surface area (Å²) in [5.41, 5.74) is 6.24. The second kappa shape index (κ2) is 14.5. The van der Waals surface area contributed by atoms with E-state index in [9.17, 15) is 33.7 Å². The van der Waals surface area contributed by atoms with E-state index in [1.54, 1.807) is 37.3 Å². The van der Waals surface area contributed by atoms with Gasteiger partial charge in [-0.25, -0.2) is 4.79 Å². The van der Waals surface area contributed by atoms with Gasteiger partial charge in [-0.1, -0.05) is 36.8 Å². The van der Waals surface area contributed by atoms with Crippen molar-refractivity contribution in [3.8, 4) is 0 Å². The van der Waals surface area contributed by atoms with Crippen molar-refractivity contribution in [2.24, 2.45) is 11.7 Å². The molecule has 1 saturated carbocycles. The lowest BCUT2D eigenvalue weighted by molar-refractivity contribution is -0.793. The minimum Gasteiger partial charge on any atom is -0.435 e. The lowest BCUT2D eigenvalue weighted by Crippen LogP contribution is -2.61. The number of benzene rings is 1. The van der Waals surface area contributed by atoms with Gasteiger partial charge in [0.2, 0.25) is 11.8 Å². The van der Waals surface area contributed by atoms with Crippen LogP contribution in [0.3, 0.4) is 0 Å². The molecule has 1 aliphatic heterocycles. The SMILES string of the molecule is CC(OP(=O)(O)[C@@H](Cc1ccccc1)NC(=O)[C@H](CCCCN)NC(=O)C1CCC1)C(=O)[N+]1(C(=O)O)CCC[C@H]1C. The van der Waals surface area contributed by atoms with Crippen LogP contribution in [0, 0.1) is 5.92 Å². The van der Waals surface area contributed by atoms with Crippen molar-refractivity contribution in [1.82, 2.24) is 10.6 Å². The number of nitrogens with one attached hydrogen (secondary N) is 2. The van der Waals surface area contributed by atoms with Crippen molar-refractivity contribution >= 4 is 31.4 Å². The van der Waals surface area contributed by atoms with Crippen LogP contribution in [-0.4, -0.2) is 75.4 Å². The molecule has 0 radical (unpaired) electrons. The number of carboxylic acid groups (broad SMARTS) is 1. The summed E-state index contributed by atoms with van der Waals surface area (Å²) in [6, 6.07) is 7.25. The van der Waals surface area contributed by atoms with Crippen LogP contribution >= 0.6 is 7.60 Å². The first-order valence-corrected chi connectivity index (χ1v) is 16.1. The van der Waals surface area contributed by atoms with Gasteiger partial charge in [-0.3, -0.25) is 18.7 Å². The van der Waals surface area contributed by atoms with Crippen molar-refractivity contribution in [2.75, 3.05) is 13.1 Å². The first-order chi connectivity index (χ1) is 19.4. The molecular formula is C28H44N4O8P+. The molecule has 1 heterocycles. The number of likely N-dealkylation sites (tertiary alicyclic amines) is 1. The number of carbonyl (C=O) groups is 4. The first kappa shape index (κ1) is 32.9. The molecule has 0 spiro atoms. The molecule has 1 aliphatic carbocycles. The highest BCUT2D eigenvalue weighted by Crippen LogP contribution is 2.49. The Kier molecular flexibility index (Phi) is 11.6. The zero-order valence-corrected chi connectivity index (χ0v) is 24.8. The van der Waals surface area contributed by atoms with Crippen molar-refractivity contribution < 1.29 is 42.7 Å².